The fourth-order valence-electron chi connectivity index (χ4n) is 2.74. The highest BCUT2D eigenvalue weighted by atomic mass is 16.3. The largest absolute Gasteiger partial charge is 0.461 e. The zero-order valence-corrected chi connectivity index (χ0v) is 16.5. The molecule has 142 valence electrons. The predicted molar refractivity (Wildman–Crippen MR) is 104 cm³/mol. The summed E-state index contributed by atoms with van der Waals surface area (Å²) in [5.41, 5.74) is 1.41. The SMILES string of the molecule is CCCCc1oc2ccccc2c1CN(C)C(=O)CNC(=O)C(C)(C)C. The third-order valence-corrected chi connectivity index (χ3v) is 4.44. The van der Waals surface area contributed by atoms with Crippen LogP contribution in [-0.2, 0) is 22.6 Å². The van der Waals surface area contributed by atoms with Crippen LogP contribution in [0.4, 0.5) is 0 Å². The minimum absolute atomic E-state index is 0.00663. The van der Waals surface area contributed by atoms with Gasteiger partial charge in [-0.3, -0.25) is 9.59 Å². The quantitative estimate of drug-likeness (QED) is 0.816. The highest BCUT2D eigenvalue weighted by molar-refractivity contribution is 5.87. The molecule has 26 heavy (non-hydrogen) atoms. The summed E-state index contributed by atoms with van der Waals surface area (Å²) in [6.07, 6.45) is 3.00. The second kappa shape index (κ2) is 8.39. The molecule has 0 bridgehead atoms. The van der Waals surface area contributed by atoms with Gasteiger partial charge in [-0.25, -0.2) is 0 Å². The summed E-state index contributed by atoms with van der Waals surface area (Å²) in [7, 11) is 1.76. The number of carbonyl (C=O) groups is 2. The molecule has 1 aromatic carbocycles. The van der Waals surface area contributed by atoms with Crippen LogP contribution >= 0.6 is 0 Å². The number of unbranched alkanes of at least 4 members (excludes halogenated alkanes) is 1. The molecule has 1 aromatic heterocycles. The first-order chi connectivity index (χ1) is 12.2. The molecular weight excluding hydrogens is 328 g/mol. The molecule has 0 fully saturated rings. The maximum Gasteiger partial charge on any atom is 0.242 e. The molecule has 0 unspecified atom stereocenters. The zero-order chi connectivity index (χ0) is 19.3. The van der Waals surface area contributed by atoms with Gasteiger partial charge in [0.25, 0.3) is 0 Å². The Kier molecular flexibility index (Phi) is 6.46. The van der Waals surface area contributed by atoms with E-state index in [1.54, 1.807) is 11.9 Å². The molecule has 0 spiro atoms. The maximum absolute atomic E-state index is 12.4. The van der Waals surface area contributed by atoms with E-state index in [0.717, 1.165) is 41.6 Å². The number of nitrogens with zero attached hydrogens (tertiary/aromatic N) is 1. The van der Waals surface area contributed by atoms with Gasteiger partial charge in [-0.05, 0) is 12.5 Å². The normalized spacial score (nSPS) is 11.6. The monoisotopic (exact) mass is 358 g/mol. The summed E-state index contributed by atoms with van der Waals surface area (Å²) < 4.78 is 6.02. The van der Waals surface area contributed by atoms with Crippen LogP contribution in [0.15, 0.2) is 28.7 Å². The number of furan rings is 1. The molecule has 0 radical (unpaired) electrons. The van der Waals surface area contributed by atoms with Crippen LogP contribution in [0, 0.1) is 5.41 Å². The molecule has 1 N–H and O–H groups in total. The molecule has 0 aliphatic carbocycles. The molecule has 0 atom stereocenters. The lowest BCUT2D eigenvalue weighted by Crippen LogP contribution is -2.42. The second-order valence-corrected chi connectivity index (χ2v) is 7.79. The van der Waals surface area contributed by atoms with Gasteiger partial charge in [0, 0.05) is 36.4 Å². The molecule has 0 aliphatic rings. The van der Waals surface area contributed by atoms with E-state index in [2.05, 4.69) is 12.2 Å². The van der Waals surface area contributed by atoms with Crippen LogP contribution < -0.4 is 5.32 Å². The number of para-hydroxylation sites is 1. The highest BCUT2D eigenvalue weighted by Gasteiger charge is 2.23. The van der Waals surface area contributed by atoms with E-state index in [1.165, 1.54) is 0 Å². The highest BCUT2D eigenvalue weighted by Crippen LogP contribution is 2.28. The number of aryl methyl sites for hydroxylation is 1. The number of carbonyl (C=O) groups excluding carboxylic acids is 2. The van der Waals surface area contributed by atoms with E-state index in [4.69, 9.17) is 4.42 Å². The lowest BCUT2D eigenvalue weighted by Gasteiger charge is -2.21. The fraction of sp³-hybridized carbons (Fsp3) is 0.524. The van der Waals surface area contributed by atoms with Gasteiger partial charge in [0.1, 0.15) is 11.3 Å². The first-order valence-electron chi connectivity index (χ1n) is 9.25. The van der Waals surface area contributed by atoms with Gasteiger partial charge in [0.15, 0.2) is 0 Å². The average molecular weight is 358 g/mol. The zero-order valence-electron chi connectivity index (χ0n) is 16.5. The summed E-state index contributed by atoms with van der Waals surface area (Å²) in [6, 6.07) is 7.93. The fourth-order valence-corrected chi connectivity index (χ4v) is 2.74. The number of rotatable bonds is 7. The lowest BCUT2D eigenvalue weighted by molar-refractivity contribution is -0.134. The summed E-state index contributed by atoms with van der Waals surface area (Å²) in [5.74, 6) is 0.706. The first kappa shape index (κ1) is 20.0. The molecule has 0 aliphatic heterocycles. The van der Waals surface area contributed by atoms with Crippen LogP contribution in [0.2, 0.25) is 0 Å². The summed E-state index contributed by atoms with van der Waals surface area (Å²) in [4.78, 5) is 26.1. The maximum atomic E-state index is 12.4. The standard InChI is InChI=1S/C21H30N2O3/c1-6-7-11-18-16(15-10-8-9-12-17(15)26-18)14-23(5)19(24)13-22-20(25)21(2,3)4/h8-10,12H,6-7,11,13-14H2,1-5H3,(H,22,25). The van der Waals surface area contributed by atoms with Crippen molar-refractivity contribution in [2.24, 2.45) is 5.41 Å². The van der Waals surface area contributed by atoms with Crippen molar-refractivity contribution >= 4 is 22.8 Å². The van der Waals surface area contributed by atoms with Gasteiger partial charge in [-0.15, -0.1) is 0 Å². The number of hydrogen-bond acceptors (Lipinski definition) is 3. The number of nitrogens with one attached hydrogen (secondary N) is 1. The van der Waals surface area contributed by atoms with Crippen molar-refractivity contribution in [1.82, 2.24) is 10.2 Å². The van der Waals surface area contributed by atoms with Gasteiger partial charge < -0.3 is 14.6 Å². The molecule has 2 aromatic rings. The smallest absolute Gasteiger partial charge is 0.242 e. The predicted octanol–water partition coefficient (Wildman–Crippen LogP) is 3.90. The number of fused-ring (bicyclic) bond motifs is 1. The van der Waals surface area contributed by atoms with Gasteiger partial charge in [0.05, 0.1) is 6.54 Å². The van der Waals surface area contributed by atoms with Crippen molar-refractivity contribution in [3.63, 3.8) is 0 Å². The van der Waals surface area contributed by atoms with Crippen molar-refractivity contribution < 1.29 is 14.0 Å². The van der Waals surface area contributed by atoms with Crippen molar-refractivity contribution in [3.8, 4) is 0 Å². The van der Waals surface area contributed by atoms with E-state index >= 15 is 0 Å². The van der Waals surface area contributed by atoms with Crippen LogP contribution in [0.5, 0.6) is 0 Å². The molecule has 0 saturated heterocycles. The molecular formula is C21H30N2O3. The van der Waals surface area contributed by atoms with Gasteiger partial charge in [0.2, 0.25) is 11.8 Å². The third kappa shape index (κ3) is 4.87. The van der Waals surface area contributed by atoms with Crippen molar-refractivity contribution in [2.75, 3.05) is 13.6 Å². The van der Waals surface area contributed by atoms with E-state index < -0.39 is 5.41 Å². The number of hydrogen-bond donors (Lipinski definition) is 1. The molecule has 5 nitrogen and oxygen atoms in total. The number of benzene rings is 1. The summed E-state index contributed by atoms with van der Waals surface area (Å²) >= 11 is 0. The van der Waals surface area contributed by atoms with Crippen LogP contribution in [-0.4, -0.2) is 30.3 Å². The van der Waals surface area contributed by atoms with E-state index in [9.17, 15) is 9.59 Å². The van der Waals surface area contributed by atoms with Crippen LogP contribution in [0.25, 0.3) is 11.0 Å². The number of likely N-dealkylation sites (N-methyl/N-ethyl adjacent to an activating group) is 1. The Bertz CT molecular complexity index is 771. The van der Waals surface area contributed by atoms with E-state index in [-0.39, 0.29) is 18.4 Å². The van der Waals surface area contributed by atoms with E-state index in [0.29, 0.717) is 6.54 Å². The Hall–Kier alpha value is -2.30. The molecule has 2 amide bonds. The summed E-state index contributed by atoms with van der Waals surface area (Å²) in [5, 5.41) is 3.77. The first-order valence-corrected chi connectivity index (χ1v) is 9.25. The Labute approximate surface area is 155 Å². The second-order valence-electron chi connectivity index (χ2n) is 7.79. The molecule has 5 heteroatoms. The Morgan fingerprint density at radius 1 is 1.19 bits per heavy atom. The number of amides is 2. The lowest BCUT2D eigenvalue weighted by atomic mass is 9.96. The van der Waals surface area contributed by atoms with Gasteiger partial charge >= 0.3 is 0 Å². The van der Waals surface area contributed by atoms with Crippen LogP contribution in [0.3, 0.4) is 0 Å². The van der Waals surface area contributed by atoms with Gasteiger partial charge in [-0.1, -0.05) is 52.3 Å². The molecule has 1 heterocycles. The average Bonchev–Trinajstić information content (AvgIpc) is 2.94. The Balaban J connectivity index is 2.11. The van der Waals surface area contributed by atoms with E-state index in [1.807, 2.05) is 45.0 Å². The minimum atomic E-state index is -0.507. The molecule has 2 rings (SSSR count). The van der Waals surface area contributed by atoms with Crippen molar-refractivity contribution in [1.29, 1.82) is 0 Å². The Morgan fingerprint density at radius 2 is 1.88 bits per heavy atom. The Morgan fingerprint density at radius 3 is 2.54 bits per heavy atom. The van der Waals surface area contributed by atoms with Crippen molar-refractivity contribution in [2.45, 2.75) is 53.5 Å². The minimum Gasteiger partial charge on any atom is -0.461 e. The van der Waals surface area contributed by atoms with Gasteiger partial charge in [-0.2, -0.15) is 0 Å². The topological polar surface area (TPSA) is 62.6 Å². The van der Waals surface area contributed by atoms with Crippen molar-refractivity contribution in [3.05, 3.63) is 35.6 Å². The molecule has 0 saturated carbocycles. The summed E-state index contributed by atoms with van der Waals surface area (Å²) in [6.45, 7) is 8.11. The van der Waals surface area contributed by atoms with Crippen LogP contribution in [0.1, 0.15) is 51.9 Å². The third-order valence-electron chi connectivity index (χ3n) is 4.44.